The maximum absolute atomic E-state index is 6.29. The third-order valence-electron chi connectivity index (χ3n) is 3.06. The molecule has 20 heavy (non-hydrogen) atoms. The topological polar surface area (TPSA) is 81.7 Å². The summed E-state index contributed by atoms with van der Waals surface area (Å²) in [6.45, 7) is 7.05. The first-order chi connectivity index (χ1) is 9.60. The van der Waals surface area contributed by atoms with E-state index in [4.69, 9.17) is 17.4 Å². The summed E-state index contributed by atoms with van der Waals surface area (Å²) < 4.78 is 5.94. The molecule has 0 saturated carbocycles. The van der Waals surface area contributed by atoms with Gasteiger partial charge < -0.3 is 0 Å². The number of hydrogen-bond donors (Lipinski definition) is 2. The summed E-state index contributed by atoms with van der Waals surface area (Å²) in [6.07, 6.45) is 2.63. The lowest BCUT2D eigenvalue weighted by Gasteiger charge is -2.18. The first kappa shape index (κ1) is 15.4. The van der Waals surface area contributed by atoms with Crippen molar-refractivity contribution in [2.45, 2.75) is 45.7 Å². The number of nitrogens with two attached hydrogens (primary N) is 1. The zero-order chi connectivity index (χ0) is 14.7. The Morgan fingerprint density at radius 1 is 1.50 bits per heavy atom. The van der Waals surface area contributed by atoms with Gasteiger partial charge in [0, 0.05) is 6.54 Å². The molecule has 2 aromatic rings. The van der Waals surface area contributed by atoms with Crippen LogP contribution in [0.1, 0.15) is 55.4 Å². The largest absolute Gasteiger partial charge is 0.270 e. The Morgan fingerprint density at radius 2 is 2.25 bits per heavy atom. The number of nitrogens with zero attached hydrogens (tertiary/aromatic N) is 4. The highest BCUT2D eigenvalue weighted by Gasteiger charge is 2.27. The van der Waals surface area contributed by atoms with Crippen LogP contribution in [0.15, 0.2) is 6.20 Å². The Morgan fingerprint density at radius 3 is 2.85 bits per heavy atom. The van der Waals surface area contributed by atoms with Gasteiger partial charge >= 0.3 is 0 Å². The molecular formula is C12H19ClN6S. The maximum Gasteiger partial charge on any atom is 0.102 e. The first-order valence-electron chi connectivity index (χ1n) is 6.59. The second kappa shape index (κ2) is 6.62. The molecule has 0 aliphatic carbocycles. The highest BCUT2D eigenvalue weighted by Crippen LogP contribution is 2.33. The van der Waals surface area contributed by atoms with Crippen LogP contribution in [0.5, 0.6) is 0 Å². The van der Waals surface area contributed by atoms with Gasteiger partial charge in [0.2, 0.25) is 0 Å². The Balaban J connectivity index is 2.47. The molecule has 0 aliphatic rings. The number of hydrogen-bond acceptors (Lipinski definition) is 6. The summed E-state index contributed by atoms with van der Waals surface area (Å²) in [5.74, 6) is 6.04. The van der Waals surface area contributed by atoms with Gasteiger partial charge in [0.1, 0.15) is 6.04 Å². The molecule has 0 fully saturated rings. The van der Waals surface area contributed by atoms with Gasteiger partial charge in [-0.2, -0.15) is 5.10 Å². The van der Waals surface area contributed by atoms with Crippen LogP contribution in [-0.4, -0.2) is 19.4 Å². The van der Waals surface area contributed by atoms with Crippen molar-refractivity contribution in [3.8, 4) is 0 Å². The minimum atomic E-state index is -0.242. The van der Waals surface area contributed by atoms with Crippen LogP contribution in [0.4, 0.5) is 0 Å². The number of rotatable bonds is 6. The molecule has 0 bridgehead atoms. The number of hydrazine groups is 1. The molecule has 0 radical (unpaired) electrons. The Kier molecular flexibility index (Phi) is 5.09. The molecule has 0 aliphatic heterocycles. The Hall–Kier alpha value is -1.02. The van der Waals surface area contributed by atoms with Crippen LogP contribution in [-0.2, 0) is 6.54 Å². The van der Waals surface area contributed by atoms with Crippen molar-refractivity contribution in [2.75, 3.05) is 0 Å². The molecule has 0 aromatic carbocycles. The van der Waals surface area contributed by atoms with Gasteiger partial charge in [-0.3, -0.25) is 10.5 Å². The fraction of sp³-hybridized carbons (Fsp3) is 0.583. The van der Waals surface area contributed by atoms with E-state index >= 15 is 0 Å². The Labute approximate surface area is 127 Å². The van der Waals surface area contributed by atoms with Gasteiger partial charge in [-0.25, -0.2) is 5.43 Å². The van der Waals surface area contributed by atoms with Crippen LogP contribution in [0, 0.1) is 0 Å². The van der Waals surface area contributed by atoms with Gasteiger partial charge in [0.15, 0.2) is 0 Å². The predicted octanol–water partition coefficient (Wildman–Crippen LogP) is 2.47. The van der Waals surface area contributed by atoms with Crippen molar-refractivity contribution >= 4 is 23.1 Å². The third-order valence-corrected chi connectivity index (χ3v) is 4.15. The highest BCUT2D eigenvalue weighted by molar-refractivity contribution is 7.05. The van der Waals surface area contributed by atoms with E-state index in [0.29, 0.717) is 5.02 Å². The van der Waals surface area contributed by atoms with Crippen LogP contribution in [0.3, 0.4) is 0 Å². The number of nitrogens with one attached hydrogen (secondary N) is 1. The monoisotopic (exact) mass is 314 g/mol. The van der Waals surface area contributed by atoms with Crippen molar-refractivity contribution in [1.29, 1.82) is 0 Å². The van der Waals surface area contributed by atoms with E-state index in [1.807, 2.05) is 4.68 Å². The van der Waals surface area contributed by atoms with Crippen LogP contribution in [0.25, 0.3) is 0 Å². The van der Waals surface area contributed by atoms with Crippen molar-refractivity contribution < 1.29 is 0 Å². The molecule has 2 rings (SSSR count). The predicted molar refractivity (Wildman–Crippen MR) is 80.7 cm³/mol. The number of aromatic nitrogens is 4. The van der Waals surface area contributed by atoms with Crippen LogP contribution in [0.2, 0.25) is 5.02 Å². The summed E-state index contributed by atoms with van der Waals surface area (Å²) in [6, 6.07) is -0.242. The molecule has 110 valence electrons. The zero-order valence-corrected chi connectivity index (χ0v) is 13.4. The van der Waals surface area contributed by atoms with E-state index in [0.717, 1.165) is 29.2 Å². The van der Waals surface area contributed by atoms with Crippen molar-refractivity contribution in [2.24, 2.45) is 5.84 Å². The van der Waals surface area contributed by atoms with Gasteiger partial charge in [-0.15, -0.1) is 5.10 Å². The molecule has 1 atom stereocenters. The molecule has 8 heteroatoms. The molecule has 0 saturated heterocycles. The van der Waals surface area contributed by atoms with Gasteiger partial charge in [-0.1, -0.05) is 36.9 Å². The maximum atomic E-state index is 6.29. The molecule has 2 heterocycles. The lowest BCUT2D eigenvalue weighted by atomic mass is 10.0. The fourth-order valence-corrected chi connectivity index (χ4v) is 3.25. The molecule has 0 spiro atoms. The van der Waals surface area contributed by atoms with Crippen LogP contribution >= 0.6 is 23.1 Å². The van der Waals surface area contributed by atoms with E-state index in [1.54, 1.807) is 6.20 Å². The van der Waals surface area contributed by atoms with Gasteiger partial charge in [0.05, 0.1) is 27.5 Å². The average molecular weight is 315 g/mol. The molecule has 0 amide bonds. The quantitative estimate of drug-likeness (QED) is 0.632. The summed E-state index contributed by atoms with van der Waals surface area (Å²) in [5, 5.41) is 9.11. The van der Waals surface area contributed by atoms with E-state index in [-0.39, 0.29) is 12.0 Å². The first-order valence-corrected chi connectivity index (χ1v) is 7.74. The lowest BCUT2D eigenvalue weighted by molar-refractivity contribution is 0.521. The summed E-state index contributed by atoms with van der Waals surface area (Å²) >= 11 is 7.63. The fourth-order valence-electron chi connectivity index (χ4n) is 2.13. The minimum absolute atomic E-state index is 0.242. The van der Waals surface area contributed by atoms with E-state index in [1.165, 1.54) is 11.5 Å². The summed E-state index contributed by atoms with van der Waals surface area (Å²) in [4.78, 5) is 0.988. The molecule has 2 aromatic heterocycles. The molecule has 1 unspecified atom stereocenters. The third kappa shape index (κ3) is 2.85. The minimum Gasteiger partial charge on any atom is -0.270 e. The molecular weight excluding hydrogens is 296 g/mol. The lowest BCUT2D eigenvalue weighted by Crippen LogP contribution is -2.31. The standard InChI is InChI=1S/C12H19ClN6S/c1-4-5-19-11(8(13)6-15-19)10(16-14)12-9(7(2)3)17-18-20-12/h6-7,10,16H,4-5,14H2,1-3H3. The van der Waals surface area contributed by atoms with E-state index in [9.17, 15) is 0 Å². The number of aryl methyl sites for hydroxylation is 1. The van der Waals surface area contributed by atoms with E-state index < -0.39 is 0 Å². The van der Waals surface area contributed by atoms with Crippen LogP contribution < -0.4 is 11.3 Å². The van der Waals surface area contributed by atoms with Crippen molar-refractivity contribution in [1.82, 2.24) is 24.8 Å². The van der Waals surface area contributed by atoms with Gasteiger partial charge in [0.25, 0.3) is 0 Å². The summed E-state index contributed by atoms with van der Waals surface area (Å²) in [7, 11) is 0. The SMILES string of the molecule is CCCn1ncc(Cl)c1C(NN)c1snnc1C(C)C. The highest BCUT2D eigenvalue weighted by atomic mass is 35.5. The Bertz CT molecular complexity index is 564. The van der Waals surface area contributed by atoms with E-state index in [2.05, 4.69) is 40.9 Å². The van der Waals surface area contributed by atoms with Crippen molar-refractivity contribution in [3.05, 3.63) is 27.5 Å². The summed E-state index contributed by atoms with van der Waals surface area (Å²) in [5.41, 5.74) is 4.63. The van der Waals surface area contributed by atoms with Crippen molar-refractivity contribution in [3.63, 3.8) is 0 Å². The zero-order valence-electron chi connectivity index (χ0n) is 11.8. The normalized spacial score (nSPS) is 13.1. The smallest absolute Gasteiger partial charge is 0.102 e. The second-order valence-corrected chi connectivity index (χ2v) is 6.07. The van der Waals surface area contributed by atoms with Gasteiger partial charge in [-0.05, 0) is 23.9 Å². The molecule has 6 nitrogen and oxygen atoms in total. The average Bonchev–Trinajstić information content (AvgIpc) is 3.01. The number of halogens is 1. The molecule has 3 N–H and O–H groups in total. The second-order valence-electron chi connectivity index (χ2n) is 4.88.